The van der Waals surface area contributed by atoms with Crippen molar-refractivity contribution in [2.75, 3.05) is 0 Å². The number of nitrogens with two attached hydrogens (primary N) is 1. The Balaban J connectivity index is 1.78. The molecule has 3 N–H and O–H groups in total. The molecule has 0 radical (unpaired) electrons. The van der Waals surface area contributed by atoms with Gasteiger partial charge in [-0.3, -0.25) is 0 Å². The first-order chi connectivity index (χ1) is 13.0. The Morgan fingerprint density at radius 1 is 1.07 bits per heavy atom. The zero-order valence-electron chi connectivity index (χ0n) is 14.1. The van der Waals surface area contributed by atoms with Crippen LogP contribution >= 0.6 is 12.2 Å². The summed E-state index contributed by atoms with van der Waals surface area (Å²) in [5, 5.41) is 8.37. The summed E-state index contributed by atoms with van der Waals surface area (Å²) in [5.74, 6) is -1.28. The van der Waals surface area contributed by atoms with Gasteiger partial charge in [0.15, 0.2) is 0 Å². The molecule has 1 unspecified atom stereocenters. The van der Waals surface area contributed by atoms with Crippen LogP contribution in [0.2, 0.25) is 0 Å². The molecule has 0 aliphatic carbocycles. The zero-order valence-corrected chi connectivity index (χ0v) is 14.9. The number of benzene rings is 2. The number of nitrogens with one attached hydrogen (secondary N) is 1. The van der Waals surface area contributed by atoms with Crippen LogP contribution in [0.1, 0.15) is 17.3 Å². The van der Waals surface area contributed by atoms with E-state index >= 15 is 0 Å². The van der Waals surface area contributed by atoms with Gasteiger partial charge in [0, 0.05) is 6.07 Å². The molecule has 0 spiro atoms. The minimum Gasteiger partial charge on any atom is -0.347 e. The average molecular weight is 383 g/mol. The maximum absolute atomic E-state index is 13.5. The van der Waals surface area contributed by atoms with Crippen LogP contribution in [0.5, 0.6) is 0 Å². The van der Waals surface area contributed by atoms with Crippen molar-refractivity contribution in [3.05, 3.63) is 82.1 Å². The van der Waals surface area contributed by atoms with Gasteiger partial charge in [-0.15, -0.1) is 5.10 Å². The molecule has 0 fully saturated rings. The van der Waals surface area contributed by atoms with Crippen LogP contribution < -0.4 is 5.73 Å². The monoisotopic (exact) mass is 383 g/mol. The second-order valence-corrected chi connectivity index (χ2v) is 6.64. The summed E-state index contributed by atoms with van der Waals surface area (Å²) in [6, 6.07) is 13.9. The van der Waals surface area contributed by atoms with E-state index in [2.05, 4.69) is 15.3 Å². The molecule has 27 heavy (non-hydrogen) atoms. The Labute approximate surface area is 158 Å². The van der Waals surface area contributed by atoms with E-state index in [0.717, 1.165) is 17.1 Å². The summed E-state index contributed by atoms with van der Waals surface area (Å²) >= 11 is 5.23. The second kappa shape index (κ2) is 6.98. The van der Waals surface area contributed by atoms with Crippen molar-refractivity contribution in [2.45, 2.75) is 12.5 Å². The summed E-state index contributed by atoms with van der Waals surface area (Å²) < 4.78 is 29.2. The van der Waals surface area contributed by atoms with E-state index in [1.165, 1.54) is 12.1 Å². The fraction of sp³-hybridized carbons (Fsp3) is 0.105. The SMILES string of the molecule is NC(Cc1cc(F)cc(F)c1)c1[nH]c(=S)ccc1-n1nnc2ccccc21. The van der Waals surface area contributed by atoms with Crippen LogP contribution in [0.25, 0.3) is 16.7 Å². The summed E-state index contributed by atoms with van der Waals surface area (Å²) in [6.07, 6.45) is 0.226. The predicted molar refractivity (Wildman–Crippen MR) is 101 cm³/mol. The molecule has 2 aromatic heterocycles. The lowest BCUT2D eigenvalue weighted by atomic mass is 10.0. The van der Waals surface area contributed by atoms with Gasteiger partial charge < -0.3 is 10.7 Å². The van der Waals surface area contributed by atoms with Crippen LogP contribution in [0.3, 0.4) is 0 Å². The van der Waals surface area contributed by atoms with Gasteiger partial charge in [0.05, 0.1) is 22.9 Å². The van der Waals surface area contributed by atoms with Gasteiger partial charge in [0.25, 0.3) is 0 Å². The molecule has 0 saturated heterocycles. The molecule has 0 aliphatic rings. The van der Waals surface area contributed by atoms with E-state index in [1.54, 1.807) is 16.8 Å². The lowest BCUT2D eigenvalue weighted by molar-refractivity contribution is 0.575. The number of fused-ring (bicyclic) bond motifs is 1. The summed E-state index contributed by atoms with van der Waals surface area (Å²) in [7, 11) is 0. The van der Waals surface area contributed by atoms with Crippen molar-refractivity contribution < 1.29 is 8.78 Å². The van der Waals surface area contributed by atoms with Crippen molar-refractivity contribution in [1.82, 2.24) is 20.0 Å². The minimum absolute atomic E-state index is 0.226. The van der Waals surface area contributed by atoms with E-state index in [0.29, 0.717) is 21.6 Å². The topological polar surface area (TPSA) is 72.5 Å². The second-order valence-electron chi connectivity index (χ2n) is 6.20. The fourth-order valence-electron chi connectivity index (χ4n) is 3.08. The highest BCUT2D eigenvalue weighted by molar-refractivity contribution is 7.71. The Hall–Kier alpha value is -2.97. The van der Waals surface area contributed by atoms with Crippen LogP contribution in [-0.2, 0) is 6.42 Å². The molecule has 0 aliphatic heterocycles. The number of H-pyrrole nitrogens is 1. The molecule has 5 nitrogen and oxygen atoms in total. The molecular formula is C19H15F2N5S. The molecule has 4 rings (SSSR count). The number of halogens is 2. The number of para-hydroxylation sites is 1. The third-order valence-electron chi connectivity index (χ3n) is 4.26. The predicted octanol–water partition coefficient (Wildman–Crippen LogP) is 4.00. The Bertz CT molecular complexity index is 1160. The van der Waals surface area contributed by atoms with E-state index in [4.69, 9.17) is 18.0 Å². The standard InChI is InChI=1S/C19H15F2N5S/c20-12-7-11(8-13(21)10-12)9-14(22)19-17(5-6-18(27)23-19)26-16-4-2-1-3-15(16)24-25-26/h1-8,10,14H,9,22H2,(H,23,27). The smallest absolute Gasteiger partial charge is 0.126 e. The summed E-state index contributed by atoms with van der Waals surface area (Å²) in [6.45, 7) is 0. The first-order valence-electron chi connectivity index (χ1n) is 8.26. The van der Waals surface area contributed by atoms with E-state index in [9.17, 15) is 8.78 Å². The molecule has 4 aromatic rings. The molecular weight excluding hydrogens is 368 g/mol. The highest BCUT2D eigenvalue weighted by Crippen LogP contribution is 2.24. The molecule has 136 valence electrons. The van der Waals surface area contributed by atoms with Gasteiger partial charge in [0.1, 0.15) is 21.8 Å². The van der Waals surface area contributed by atoms with Crippen molar-refractivity contribution >= 4 is 23.3 Å². The quantitative estimate of drug-likeness (QED) is 0.523. The number of aromatic nitrogens is 4. The Morgan fingerprint density at radius 3 is 2.59 bits per heavy atom. The first-order valence-corrected chi connectivity index (χ1v) is 8.67. The molecule has 2 aromatic carbocycles. The maximum Gasteiger partial charge on any atom is 0.126 e. The van der Waals surface area contributed by atoms with Crippen LogP contribution in [0.4, 0.5) is 8.78 Å². The number of hydrogen-bond donors (Lipinski definition) is 2. The number of aromatic amines is 1. The van der Waals surface area contributed by atoms with Gasteiger partial charge in [-0.2, -0.15) is 0 Å². The Kier molecular flexibility index (Phi) is 4.51. The largest absolute Gasteiger partial charge is 0.347 e. The molecule has 1 atom stereocenters. The molecule has 2 heterocycles. The van der Waals surface area contributed by atoms with Gasteiger partial charge in [-0.25, -0.2) is 13.5 Å². The van der Waals surface area contributed by atoms with Gasteiger partial charge >= 0.3 is 0 Å². The number of pyridine rings is 1. The average Bonchev–Trinajstić information content (AvgIpc) is 3.05. The lowest BCUT2D eigenvalue weighted by Crippen LogP contribution is -2.18. The third-order valence-corrected chi connectivity index (χ3v) is 4.49. The van der Waals surface area contributed by atoms with Crippen molar-refractivity contribution in [3.63, 3.8) is 0 Å². The lowest BCUT2D eigenvalue weighted by Gasteiger charge is -2.17. The first kappa shape index (κ1) is 17.4. The highest BCUT2D eigenvalue weighted by atomic mass is 32.1. The molecule has 8 heteroatoms. The summed E-state index contributed by atoms with van der Waals surface area (Å²) in [4.78, 5) is 3.09. The number of hydrogen-bond acceptors (Lipinski definition) is 4. The number of nitrogens with zero attached hydrogens (tertiary/aromatic N) is 3. The third kappa shape index (κ3) is 3.49. The van der Waals surface area contributed by atoms with Gasteiger partial charge in [-0.1, -0.05) is 29.6 Å². The van der Waals surface area contributed by atoms with E-state index in [1.807, 2.05) is 24.3 Å². The van der Waals surface area contributed by atoms with Gasteiger partial charge in [-0.05, 0) is 48.4 Å². The zero-order chi connectivity index (χ0) is 19.0. The summed E-state index contributed by atoms with van der Waals surface area (Å²) in [5.41, 5.74) is 9.67. The van der Waals surface area contributed by atoms with Crippen LogP contribution in [-0.4, -0.2) is 20.0 Å². The van der Waals surface area contributed by atoms with E-state index in [-0.39, 0.29) is 6.42 Å². The Morgan fingerprint density at radius 2 is 1.81 bits per heavy atom. The van der Waals surface area contributed by atoms with Crippen molar-refractivity contribution in [2.24, 2.45) is 5.73 Å². The minimum atomic E-state index is -0.638. The number of rotatable bonds is 4. The maximum atomic E-state index is 13.5. The van der Waals surface area contributed by atoms with Crippen molar-refractivity contribution in [3.8, 4) is 5.69 Å². The van der Waals surface area contributed by atoms with Gasteiger partial charge in [0.2, 0.25) is 0 Å². The van der Waals surface area contributed by atoms with E-state index < -0.39 is 17.7 Å². The van der Waals surface area contributed by atoms with Crippen molar-refractivity contribution in [1.29, 1.82) is 0 Å². The fourth-order valence-corrected chi connectivity index (χ4v) is 3.26. The highest BCUT2D eigenvalue weighted by Gasteiger charge is 2.17. The molecule has 0 bridgehead atoms. The normalized spacial score (nSPS) is 12.4. The molecule has 0 saturated carbocycles. The van der Waals surface area contributed by atoms with Crippen LogP contribution in [0, 0.1) is 16.3 Å². The van der Waals surface area contributed by atoms with Crippen LogP contribution in [0.15, 0.2) is 54.6 Å². The molecule has 0 amide bonds.